The molecule has 1 N–H and O–H groups in total. The van der Waals surface area contributed by atoms with Crippen LogP contribution in [0, 0.1) is 5.82 Å². The SMILES string of the molecule is O=C(Cc1ccc(S(=O)(=O)N2CCCCC2)s1)Nc1ccc(N2CCOCC2)c(F)c1. The number of nitrogens with one attached hydrogen (secondary N) is 1. The van der Waals surface area contributed by atoms with Gasteiger partial charge in [0.15, 0.2) is 0 Å². The Kier molecular flexibility index (Phi) is 6.90. The summed E-state index contributed by atoms with van der Waals surface area (Å²) in [4.78, 5) is 15.0. The van der Waals surface area contributed by atoms with Gasteiger partial charge in [-0.3, -0.25) is 4.79 Å². The van der Waals surface area contributed by atoms with E-state index in [1.807, 2.05) is 4.90 Å². The first kappa shape index (κ1) is 22.2. The van der Waals surface area contributed by atoms with Crippen molar-refractivity contribution in [3.05, 3.63) is 41.0 Å². The molecule has 0 spiro atoms. The summed E-state index contributed by atoms with van der Waals surface area (Å²) in [5, 5.41) is 2.70. The van der Waals surface area contributed by atoms with Crippen LogP contribution < -0.4 is 10.2 Å². The Morgan fingerprint density at radius 2 is 1.81 bits per heavy atom. The van der Waals surface area contributed by atoms with Crippen LogP contribution in [0.4, 0.5) is 15.8 Å². The van der Waals surface area contributed by atoms with Crippen molar-refractivity contribution in [2.24, 2.45) is 0 Å². The first-order valence-electron chi connectivity index (χ1n) is 10.4. The molecule has 7 nitrogen and oxygen atoms in total. The molecule has 0 bridgehead atoms. The molecule has 1 amide bonds. The van der Waals surface area contributed by atoms with Gasteiger partial charge in [-0.25, -0.2) is 12.8 Å². The van der Waals surface area contributed by atoms with Crippen LogP contribution >= 0.6 is 11.3 Å². The van der Waals surface area contributed by atoms with E-state index in [0.29, 0.717) is 55.6 Å². The summed E-state index contributed by atoms with van der Waals surface area (Å²) in [7, 11) is -3.50. The molecule has 0 unspecified atom stereocenters. The van der Waals surface area contributed by atoms with Crippen LogP contribution in [0.5, 0.6) is 0 Å². The maximum atomic E-state index is 14.5. The van der Waals surface area contributed by atoms with E-state index in [1.54, 1.807) is 24.3 Å². The predicted octanol–water partition coefficient (Wildman–Crippen LogP) is 3.08. The quantitative estimate of drug-likeness (QED) is 0.706. The van der Waals surface area contributed by atoms with Gasteiger partial charge < -0.3 is 15.0 Å². The molecule has 10 heteroatoms. The normalized spacial score (nSPS) is 18.2. The van der Waals surface area contributed by atoms with Gasteiger partial charge in [0.2, 0.25) is 5.91 Å². The Balaban J connectivity index is 1.37. The number of halogens is 1. The highest BCUT2D eigenvalue weighted by molar-refractivity contribution is 7.91. The van der Waals surface area contributed by atoms with Crippen molar-refractivity contribution < 1.29 is 22.3 Å². The number of carbonyl (C=O) groups is 1. The fraction of sp³-hybridized carbons (Fsp3) is 0.476. The summed E-state index contributed by atoms with van der Waals surface area (Å²) in [6, 6.07) is 7.87. The molecule has 0 radical (unpaired) electrons. The van der Waals surface area contributed by atoms with Crippen LogP contribution in [0.25, 0.3) is 0 Å². The highest BCUT2D eigenvalue weighted by Crippen LogP contribution is 2.28. The standard InChI is InChI=1S/C21H26FN3O4S2/c22-18-14-16(4-6-19(18)24-10-12-29-13-11-24)23-20(26)15-17-5-7-21(30-17)31(27,28)25-8-2-1-3-9-25/h4-7,14H,1-3,8-13,15H2,(H,23,26). The Morgan fingerprint density at radius 3 is 2.52 bits per heavy atom. The molecular formula is C21H26FN3O4S2. The van der Waals surface area contributed by atoms with Crippen LogP contribution in [0.3, 0.4) is 0 Å². The number of morpholine rings is 1. The summed E-state index contributed by atoms with van der Waals surface area (Å²) in [5.41, 5.74) is 0.865. The summed E-state index contributed by atoms with van der Waals surface area (Å²) in [5.74, 6) is -0.715. The highest BCUT2D eigenvalue weighted by Gasteiger charge is 2.27. The molecule has 0 saturated carbocycles. The van der Waals surface area contributed by atoms with Crippen molar-refractivity contribution in [3.63, 3.8) is 0 Å². The summed E-state index contributed by atoms with van der Waals surface area (Å²) in [6.45, 7) is 3.47. The largest absolute Gasteiger partial charge is 0.378 e. The highest BCUT2D eigenvalue weighted by atomic mass is 32.2. The average Bonchev–Trinajstić information content (AvgIpc) is 3.24. The van der Waals surface area contributed by atoms with E-state index in [2.05, 4.69) is 5.32 Å². The molecule has 2 aliphatic rings. The van der Waals surface area contributed by atoms with Gasteiger partial charge in [-0.05, 0) is 43.2 Å². The zero-order valence-electron chi connectivity index (χ0n) is 17.2. The van der Waals surface area contributed by atoms with Gasteiger partial charge in [-0.15, -0.1) is 11.3 Å². The second-order valence-corrected chi connectivity index (χ2v) is 11.0. The molecule has 2 saturated heterocycles. The Morgan fingerprint density at radius 1 is 1.06 bits per heavy atom. The van der Waals surface area contributed by atoms with E-state index in [0.717, 1.165) is 30.6 Å². The summed E-state index contributed by atoms with van der Waals surface area (Å²) < 4.78 is 47.1. The lowest BCUT2D eigenvalue weighted by Crippen LogP contribution is -2.36. The molecule has 168 valence electrons. The number of amides is 1. The molecule has 0 aliphatic carbocycles. The van der Waals surface area contributed by atoms with E-state index < -0.39 is 15.8 Å². The average molecular weight is 468 g/mol. The maximum Gasteiger partial charge on any atom is 0.252 e. The molecule has 0 atom stereocenters. The minimum atomic E-state index is -3.50. The van der Waals surface area contributed by atoms with Crippen molar-refractivity contribution in [1.29, 1.82) is 0 Å². The van der Waals surface area contributed by atoms with Gasteiger partial charge in [0, 0.05) is 36.7 Å². The molecule has 2 fully saturated rings. The van der Waals surface area contributed by atoms with Gasteiger partial charge in [-0.1, -0.05) is 6.42 Å². The lowest BCUT2D eigenvalue weighted by Gasteiger charge is -2.29. The number of hydrogen-bond acceptors (Lipinski definition) is 6. The van der Waals surface area contributed by atoms with E-state index in [1.165, 1.54) is 10.4 Å². The van der Waals surface area contributed by atoms with Gasteiger partial charge in [0.05, 0.1) is 25.3 Å². The van der Waals surface area contributed by atoms with E-state index in [4.69, 9.17) is 4.74 Å². The number of hydrogen-bond donors (Lipinski definition) is 1. The molecule has 3 heterocycles. The molecule has 1 aromatic heterocycles. The van der Waals surface area contributed by atoms with Gasteiger partial charge in [0.1, 0.15) is 10.0 Å². The number of ether oxygens (including phenoxy) is 1. The van der Waals surface area contributed by atoms with Crippen molar-refractivity contribution in [2.45, 2.75) is 29.9 Å². The maximum absolute atomic E-state index is 14.5. The number of rotatable bonds is 6. The first-order chi connectivity index (χ1) is 14.9. The third kappa shape index (κ3) is 5.25. The smallest absolute Gasteiger partial charge is 0.252 e. The Labute approximate surface area is 185 Å². The monoisotopic (exact) mass is 467 g/mol. The third-order valence-electron chi connectivity index (χ3n) is 5.46. The fourth-order valence-corrected chi connectivity index (χ4v) is 6.86. The zero-order chi connectivity index (χ0) is 21.8. The predicted molar refractivity (Wildman–Crippen MR) is 119 cm³/mol. The third-order valence-corrected chi connectivity index (χ3v) is 8.92. The van der Waals surface area contributed by atoms with Crippen molar-refractivity contribution in [3.8, 4) is 0 Å². The van der Waals surface area contributed by atoms with Crippen molar-refractivity contribution >= 4 is 38.6 Å². The van der Waals surface area contributed by atoms with Gasteiger partial charge in [-0.2, -0.15) is 4.31 Å². The van der Waals surface area contributed by atoms with Crippen LogP contribution in [0.1, 0.15) is 24.1 Å². The number of piperidine rings is 1. The molecular weight excluding hydrogens is 441 g/mol. The zero-order valence-corrected chi connectivity index (χ0v) is 18.8. The van der Waals surface area contributed by atoms with Crippen LogP contribution in [-0.2, 0) is 26.0 Å². The first-order valence-corrected chi connectivity index (χ1v) is 12.7. The molecule has 2 aromatic rings. The van der Waals surface area contributed by atoms with Gasteiger partial charge in [0.25, 0.3) is 10.0 Å². The minimum absolute atomic E-state index is 0.0347. The van der Waals surface area contributed by atoms with Crippen molar-refractivity contribution in [2.75, 3.05) is 49.6 Å². The van der Waals surface area contributed by atoms with Crippen molar-refractivity contribution in [1.82, 2.24) is 4.31 Å². The van der Waals surface area contributed by atoms with E-state index in [9.17, 15) is 17.6 Å². The molecule has 31 heavy (non-hydrogen) atoms. The second-order valence-electron chi connectivity index (χ2n) is 7.68. The number of benzene rings is 1. The molecule has 1 aromatic carbocycles. The minimum Gasteiger partial charge on any atom is -0.378 e. The van der Waals surface area contributed by atoms with Crippen LogP contribution in [-0.4, -0.2) is 58.0 Å². The Bertz CT molecular complexity index is 1030. The number of thiophene rings is 1. The lowest BCUT2D eigenvalue weighted by molar-refractivity contribution is -0.115. The number of nitrogens with zero attached hydrogens (tertiary/aromatic N) is 2. The van der Waals surface area contributed by atoms with E-state index >= 15 is 0 Å². The van der Waals surface area contributed by atoms with Gasteiger partial charge >= 0.3 is 0 Å². The van der Waals surface area contributed by atoms with E-state index in [-0.39, 0.29) is 16.5 Å². The Hall–Kier alpha value is -2.01. The topological polar surface area (TPSA) is 79.0 Å². The summed E-state index contributed by atoms with van der Waals surface area (Å²) in [6.07, 6.45) is 2.84. The molecule has 2 aliphatic heterocycles. The summed E-state index contributed by atoms with van der Waals surface area (Å²) >= 11 is 1.11. The van der Waals surface area contributed by atoms with Crippen LogP contribution in [0.15, 0.2) is 34.5 Å². The fourth-order valence-electron chi connectivity index (χ4n) is 3.83. The number of anilines is 2. The lowest BCUT2D eigenvalue weighted by atomic mass is 10.2. The van der Waals surface area contributed by atoms with Crippen LogP contribution in [0.2, 0.25) is 0 Å². The molecule has 4 rings (SSSR count). The number of sulfonamides is 1. The number of carbonyl (C=O) groups excluding carboxylic acids is 1. The second kappa shape index (κ2) is 9.64.